The molecule has 1 aromatic carbocycles. The van der Waals surface area contributed by atoms with E-state index in [-0.39, 0.29) is 23.6 Å². The predicted octanol–water partition coefficient (Wildman–Crippen LogP) is 2.46. The molecule has 31 heavy (non-hydrogen) atoms. The van der Waals surface area contributed by atoms with Crippen molar-refractivity contribution in [3.05, 3.63) is 41.9 Å². The fourth-order valence-electron chi connectivity index (χ4n) is 3.35. The molecular weight excluding hydrogens is 400 g/mol. The first-order valence-electron chi connectivity index (χ1n) is 9.74. The summed E-state index contributed by atoms with van der Waals surface area (Å²) in [5.41, 5.74) is 0.874. The molecule has 0 aliphatic carbocycles. The van der Waals surface area contributed by atoms with Gasteiger partial charge in [-0.15, -0.1) is 0 Å². The summed E-state index contributed by atoms with van der Waals surface area (Å²) in [7, 11) is 4.62. The Kier molecular flexibility index (Phi) is 7.27. The summed E-state index contributed by atoms with van der Waals surface area (Å²) in [6.45, 7) is 1.03. The van der Waals surface area contributed by atoms with Gasteiger partial charge < -0.3 is 23.8 Å². The third-order valence-electron chi connectivity index (χ3n) is 4.84. The molecular formula is C22H24N4O5. The Morgan fingerprint density at radius 1 is 1.16 bits per heavy atom. The minimum atomic E-state index is -0.254. The van der Waals surface area contributed by atoms with Gasteiger partial charge in [0.1, 0.15) is 12.2 Å². The van der Waals surface area contributed by atoms with Crippen molar-refractivity contribution in [3.8, 4) is 29.2 Å². The maximum atomic E-state index is 12.7. The largest absolute Gasteiger partial charge is 0.493 e. The third-order valence-corrected chi connectivity index (χ3v) is 4.84. The van der Waals surface area contributed by atoms with E-state index >= 15 is 0 Å². The standard InChI is InChI=1S/C22H24N4O5/c1-28-18-11-15(12-19(29-2)21(18)30-3)6-7-20(27)26-10-4-5-16(14-26)31-22-17(13-23)24-8-9-25-22/h6-9,11-12,16H,4-5,10,14H2,1-3H3/b7-6+. The van der Waals surface area contributed by atoms with E-state index in [0.717, 1.165) is 18.4 Å². The number of carbonyl (C=O) groups is 1. The smallest absolute Gasteiger partial charge is 0.251 e. The quantitative estimate of drug-likeness (QED) is 0.624. The van der Waals surface area contributed by atoms with Crippen molar-refractivity contribution >= 4 is 12.0 Å². The van der Waals surface area contributed by atoms with Crippen LogP contribution in [-0.4, -0.2) is 61.3 Å². The first-order valence-corrected chi connectivity index (χ1v) is 9.74. The van der Waals surface area contributed by atoms with Gasteiger partial charge in [-0.2, -0.15) is 5.26 Å². The van der Waals surface area contributed by atoms with E-state index in [9.17, 15) is 4.79 Å². The molecule has 0 saturated carbocycles. The molecule has 1 atom stereocenters. The number of nitriles is 1. The molecule has 162 valence electrons. The lowest BCUT2D eigenvalue weighted by atomic mass is 10.1. The van der Waals surface area contributed by atoms with Crippen LogP contribution >= 0.6 is 0 Å². The summed E-state index contributed by atoms with van der Waals surface area (Å²) in [4.78, 5) is 22.5. The van der Waals surface area contributed by atoms with Gasteiger partial charge in [0, 0.05) is 25.0 Å². The number of amides is 1. The molecule has 0 spiro atoms. The van der Waals surface area contributed by atoms with Gasteiger partial charge in [0.25, 0.3) is 5.88 Å². The van der Waals surface area contributed by atoms with Crippen LogP contribution in [0.15, 0.2) is 30.6 Å². The number of methoxy groups -OCH3 is 3. The molecule has 0 bridgehead atoms. The zero-order valence-electron chi connectivity index (χ0n) is 17.7. The third kappa shape index (κ3) is 5.22. The summed E-state index contributed by atoms with van der Waals surface area (Å²) in [6.07, 6.45) is 7.42. The second kappa shape index (κ2) is 10.3. The number of hydrogen-bond donors (Lipinski definition) is 0. The van der Waals surface area contributed by atoms with Gasteiger partial charge in [0.2, 0.25) is 17.4 Å². The van der Waals surface area contributed by atoms with E-state index in [4.69, 9.17) is 24.2 Å². The maximum absolute atomic E-state index is 12.7. The second-order valence-electron chi connectivity index (χ2n) is 6.78. The molecule has 1 unspecified atom stereocenters. The fourth-order valence-corrected chi connectivity index (χ4v) is 3.35. The van der Waals surface area contributed by atoms with Crippen LogP contribution in [0.4, 0.5) is 0 Å². The lowest BCUT2D eigenvalue weighted by Crippen LogP contribution is -2.43. The van der Waals surface area contributed by atoms with Gasteiger partial charge in [0.05, 0.1) is 27.9 Å². The van der Waals surface area contributed by atoms with Crippen molar-refractivity contribution in [2.24, 2.45) is 0 Å². The molecule has 0 radical (unpaired) electrons. The summed E-state index contributed by atoms with van der Waals surface area (Å²) in [5, 5.41) is 9.14. The normalized spacial score (nSPS) is 15.9. The van der Waals surface area contributed by atoms with E-state index in [1.165, 1.54) is 25.6 Å². The van der Waals surface area contributed by atoms with Gasteiger partial charge in [-0.1, -0.05) is 0 Å². The van der Waals surface area contributed by atoms with Crippen LogP contribution < -0.4 is 18.9 Å². The van der Waals surface area contributed by atoms with Gasteiger partial charge in [-0.05, 0) is 36.6 Å². The maximum Gasteiger partial charge on any atom is 0.251 e. The van der Waals surface area contributed by atoms with Gasteiger partial charge in [0.15, 0.2) is 11.5 Å². The van der Waals surface area contributed by atoms with Crippen molar-refractivity contribution in [2.75, 3.05) is 34.4 Å². The van der Waals surface area contributed by atoms with Crippen LogP contribution in [-0.2, 0) is 4.79 Å². The zero-order chi connectivity index (χ0) is 22.2. The summed E-state index contributed by atoms with van der Waals surface area (Å²) >= 11 is 0. The summed E-state index contributed by atoms with van der Waals surface area (Å²) in [6, 6.07) is 5.50. The molecule has 9 nitrogen and oxygen atoms in total. The van der Waals surface area contributed by atoms with E-state index in [2.05, 4.69) is 9.97 Å². The number of likely N-dealkylation sites (tertiary alicyclic amines) is 1. The number of ether oxygens (including phenoxy) is 4. The van der Waals surface area contributed by atoms with Gasteiger partial charge in [-0.3, -0.25) is 4.79 Å². The van der Waals surface area contributed by atoms with Crippen molar-refractivity contribution < 1.29 is 23.7 Å². The number of hydrogen-bond acceptors (Lipinski definition) is 8. The number of aromatic nitrogens is 2. The molecule has 1 saturated heterocycles. The zero-order valence-corrected chi connectivity index (χ0v) is 17.7. The average Bonchev–Trinajstić information content (AvgIpc) is 2.82. The molecule has 1 fully saturated rings. The van der Waals surface area contributed by atoms with Crippen LogP contribution in [0, 0.1) is 11.3 Å². The lowest BCUT2D eigenvalue weighted by Gasteiger charge is -2.32. The Hall–Kier alpha value is -3.80. The first-order chi connectivity index (χ1) is 15.1. The summed E-state index contributed by atoms with van der Waals surface area (Å²) < 4.78 is 21.9. The Bertz CT molecular complexity index is 977. The number of piperidine rings is 1. The highest BCUT2D eigenvalue weighted by Gasteiger charge is 2.25. The molecule has 0 N–H and O–H groups in total. The molecule has 1 amide bonds. The number of carbonyl (C=O) groups excluding carboxylic acids is 1. The first kappa shape index (κ1) is 21.9. The molecule has 1 aromatic heterocycles. The minimum Gasteiger partial charge on any atom is -0.493 e. The Balaban J connectivity index is 1.69. The van der Waals surface area contributed by atoms with Crippen LogP contribution in [0.3, 0.4) is 0 Å². The molecule has 1 aliphatic heterocycles. The highest BCUT2D eigenvalue weighted by molar-refractivity contribution is 5.92. The van der Waals surface area contributed by atoms with E-state index in [1.54, 1.807) is 37.3 Å². The number of benzene rings is 1. The topological polar surface area (TPSA) is 107 Å². The average molecular weight is 424 g/mol. The molecule has 2 aromatic rings. The number of nitrogens with zero attached hydrogens (tertiary/aromatic N) is 4. The van der Waals surface area contributed by atoms with E-state index < -0.39 is 0 Å². The Labute approximate surface area is 180 Å². The molecule has 9 heteroatoms. The van der Waals surface area contributed by atoms with Crippen molar-refractivity contribution in [1.82, 2.24) is 14.9 Å². The SMILES string of the molecule is COc1cc(/C=C/C(=O)N2CCCC(Oc3nccnc3C#N)C2)cc(OC)c1OC. The van der Waals surface area contributed by atoms with Crippen LogP contribution in [0.2, 0.25) is 0 Å². The monoisotopic (exact) mass is 424 g/mol. The Morgan fingerprint density at radius 2 is 1.87 bits per heavy atom. The lowest BCUT2D eigenvalue weighted by molar-refractivity contribution is -0.128. The van der Waals surface area contributed by atoms with Gasteiger partial charge in [-0.25, -0.2) is 9.97 Å². The van der Waals surface area contributed by atoms with Crippen LogP contribution in [0.25, 0.3) is 6.08 Å². The molecule has 2 heterocycles. The van der Waals surface area contributed by atoms with Crippen LogP contribution in [0.1, 0.15) is 24.1 Å². The van der Waals surface area contributed by atoms with Crippen molar-refractivity contribution in [3.63, 3.8) is 0 Å². The molecule has 3 rings (SSSR count). The van der Waals surface area contributed by atoms with E-state index in [0.29, 0.717) is 30.3 Å². The highest BCUT2D eigenvalue weighted by atomic mass is 16.5. The summed E-state index contributed by atoms with van der Waals surface area (Å²) in [5.74, 6) is 1.57. The minimum absolute atomic E-state index is 0.133. The number of rotatable bonds is 7. The van der Waals surface area contributed by atoms with Crippen molar-refractivity contribution in [2.45, 2.75) is 18.9 Å². The van der Waals surface area contributed by atoms with Gasteiger partial charge >= 0.3 is 0 Å². The van der Waals surface area contributed by atoms with Crippen LogP contribution in [0.5, 0.6) is 23.1 Å². The fraction of sp³-hybridized carbons (Fsp3) is 0.364. The predicted molar refractivity (Wildman–Crippen MR) is 112 cm³/mol. The molecule has 1 aliphatic rings. The Morgan fingerprint density at radius 3 is 2.52 bits per heavy atom. The highest BCUT2D eigenvalue weighted by Crippen LogP contribution is 2.38. The van der Waals surface area contributed by atoms with E-state index in [1.807, 2.05) is 6.07 Å². The second-order valence-corrected chi connectivity index (χ2v) is 6.78. The van der Waals surface area contributed by atoms with Crippen molar-refractivity contribution in [1.29, 1.82) is 5.26 Å².